The average Bonchev–Trinajstić information content (AvgIpc) is 2.96. The number of ketones is 1. The van der Waals surface area contributed by atoms with Crippen LogP contribution in [0.3, 0.4) is 0 Å². The van der Waals surface area contributed by atoms with Gasteiger partial charge in [0.05, 0.1) is 29.5 Å². The number of carbonyl (C=O) groups is 1. The number of para-hydroxylation sites is 2. The lowest BCUT2D eigenvalue weighted by atomic mass is 10.1. The van der Waals surface area contributed by atoms with Gasteiger partial charge in [-0.2, -0.15) is 0 Å². The summed E-state index contributed by atoms with van der Waals surface area (Å²) in [6.45, 7) is 0. The van der Waals surface area contributed by atoms with E-state index in [0.29, 0.717) is 10.9 Å². The number of hydrogen-bond acceptors (Lipinski definition) is 5. The van der Waals surface area contributed by atoms with E-state index in [4.69, 9.17) is 4.74 Å². The van der Waals surface area contributed by atoms with E-state index in [1.807, 2.05) is 24.3 Å². The van der Waals surface area contributed by atoms with Crippen LogP contribution in [0.4, 0.5) is 0 Å². The molecule has 0 saturated carbocycles. The van der Waals surface area contributed by atoms with E-state index in [1.54, 1.807) is 6.07 Å². The monoisotopic (exact) mass is 314 g/mol. The van der Waals surface area contributed by atoms with Gasteiger partial charge in [0.1, 0.15) is 11.5 Å². The van der Waals surface area contributed by atoms with Crippen molar-refractivity contribution in [3.63, 3.8) is 0 Å². The van der Waals surface area contributed by atoms with Gasteiger partial charge in [0.15, 0.2) is 10.9 Å². The third kappa shape index (κ3) is 2.92. The Hall–Kier alpha value is -2.47. The van der Waals surface area contributed by atoms with Gasteiger partial charge in [-0.25, -0.2) is 4.98 Å². The number of aromatic nitrogens is 2. The molecule has 2 N–H and O–H groups in total. The molecule has 0 saturated heterocycles. The van der Waals surface area contributed by atoms with Crippen molar-refractivity contribution in [2.45, 2.75) is 5.16 Å². The van der Waals surface area contributed by atoms with E-state index in [-0.39, 0.29) is 22.8 Å². The van der Waals surface area contributed by atoms with E-state index in [0.717, 1.165) is 11.0 Å². The van der Waals surface area contributed by atoms with Crippen molar-refractivity contribution in [1.29, 1.82) is 0 Å². The van der Waals surface area contributed by atoms with Gasteiger partial charge in [0.2, 0.25) is 0 Å². The van der Waals surface area contributed by atoms with Gasteiger partial charge in [0.25, 0.3) is 0 Å². The molecule has 1 heterocycles. The zero-order chi connectivity index (χ0) is 15.5. The predicted molar refractivity (Wildman–Crippen MR) is 85.8 cm³/mol. The van der Waals surface area contributed by atoms with Crippen LogP contribution in [0.2, 0.25) is 0 Å². The van der Waals surface area contributed by atoms with Gasteiger partial charge in [-0.15, -0.1) is 0 Å². The highest BCUT2D eigenvalue weighted by Gasteiger charge is 2.14. The SMILES string of the molecule is COc1ccc(O)c(C(=O)CSc2nc3ccccc3[nH]2)c1. The Morgan fingerprint density at radius 3 is 2.91 bits per heavy atom. The number of phenolic OH excluding ortho intramolecular Hbond substituents is 1. The molecule has 22 heavy (non-hydrogen) atoms. The van der Waals surface area contributed by atoms with Crippen molar-refractivity contribution in [3.05, 3.63) is 48.0 Å². The number of nitrogens with zero attached hydrogens (tertiary/aromatic N) is 1. The lowest BCUT2D eigenvalue weighted by molar-refractivity contribution is 0.101. The highest BCUT2D eigenvalue weighted by atomic mass is 32.2. The molecule has 0 aliphatic rings. The first-order valence-electron chi connectivity index (χ1n) is 6.65. The predicted octanol–water partition coefficient (Wildman–Crippen LogP) is 3.25. The number of nitrogens with one attached hydrogen (secondary N) is 1. The molecule has 3 aromatic rings. The van der Waals surface area contributed by atoms with Crippen LogP contribution in [-0.4, -0.2) is 33.7 Å². The fourth-order valence-corrected chi connectivity index (χ4v) is 2.84. The van der Waals surface area contributed by atoms with Gasteiger partial charge in [-0.05, 0) is 30.3 Å². The van der Waals surface area contributed by atoms with E-state index >= 15 is 0 Å². The van der Waals surface area contributed by atoms with Crippen LogP contribution in [0.25, 0.3) is 11.0 Å². The number of aromatic amines is 1. The van der Waals surface area contributed by atoms with E-state index in [1.165, 1.54) is 31.0 Å². The molecule has 0 atom stereocenters. The molecule has 2 aromatic carbocycles. The van der Waals surface area contributed by atoms with Crippen LogP contribution in [-0.2, 0) is 0 Å². The summed E-state index contributed by atoms with van der Waals surface area (Å²) < 4.78 is 5.07. The number of benzene rings is 2. The Morgan fingerprint density at radius 1 is 1.32 bits per heavy atom. The van der Waals surface area contributed by atoms with Gasteiger partial charge >= 0.3 is 0 Å². The summed E-state index contributed by atoms with van der Waals surface area (Å²) in [6, 6.07) is 12.3. The second kappa shape index (κ2) is 6.11. The van der Waals surface area contributed by atoms with Crippen molar-refractivity contribution >= 4 is 28.6 Å². The smallest absolute Gasteiger partial charge is 0.177 e. The minimum Gasteiger partial charge on any atom is -0.507 e. The minimum absolute atomic E-state index is 0.0454. The van der Waals surface area contributed by atoms with Crippen LogP contribution in [0, 0.1) is 0 Å². The third-order valence-electron chi connectivity index (χ3n) is 3.21. The maximum atomic E-state index is 12.2. The van der Waals surface area contributed by atoms with E-state index in [9.17, 15) is 9.90 Å². The number of hydrogen-bond donors (Lipinski definition) is 2. The summed E-state index contributed by atoms with van der Waals surface area (Å²) in [6.07, 6.45) is 0. The summed E-state index contributed by atoms with van der Waals surface area (Å²) >= 11 is 1.30. The third-order valence-corrected chi connectivity index (χ3v) is 4.09. The largest absolute Gasteiger partial charge is 0.507 e. The number of fused-ring (bicyclic) bond motifs is 1. The quantitative estimate of drug-likeness (QED) is 0.558. The second-order valence-electron chi connectivity index (χ2n) is 4.65. The maximum Gasteiger partial charge on any atom is 0.177 e. The molecule has 0 radical (unpaired) electrons. The molecule has 0 aliphatic heterocycles. The molecular weight excluding hydrogens is 300 g/mol. The van der Waals surface area contributed by atoms with Crippen molar-refractivity contribution in [2.24, 2.45) is 0 Å². The number of thioether (sulfide) groups is 1. The number of aromatic hydroxyl groups is 1. The van der Waals surface area contributed by atoms with Crippen LogP contribution in [0.15, 0.2) is 47.6 Å². The summed E-state index contributed by atoms with van der Waals surface area (Å²) in [7, 11) is 1.52. The molecule has 6 heteroatoms. The molecule has 0 fully saturated rings. The lowest BCUT2D eigenvalue weighted by Gasteiger charge is -2.05. The number of ether oxygens (including phenoxy) is 1. The summed E-state index contributed by atoms with van der Waals surface area (Å²) in [5.74, 6) is 0.494. The Labute approximate surface area is 131 Å². The zero-order valence-electron chi connectivity index (χ0n) is 11.9. The Balaban J connectivity index is 1.74. The van der Waals surface area contributed by atoms with Gasteiger partial charge in [0, 0.05) is 0 Å². The number of imidazole rings is 1. The van der Waals surface area contributed by atoms with Crippen molar-refractivity contribution < 1.29 is 14.6 Å². The maximum absolute atomic E-state index is 12.2. The van der Waals surface area contributed by atoms with Crippen molar-refractivity contribution in [3.8, 4) is 11.5 Å². The minimum atomic E-state index is -0.179. The molecule has 3 rings (SSSR count). The van der Waals surface area contributed by atoms with Crippen LogP contribution < -0.4 is 4.74 Å². The highest BCUT2D eigenvalue weighted by molar-refractivity contribution is 7.99. The summed E-state index contributed by atoms with van der Waals surface area (Å²) in [5, 5.41) is 10.5. The number of carbonyl (C=O) groups excluding carboxylic acids is 1. The van der Waals surface area contributed by atoms with Crippen LogP contribution in [0.1, 0.15) is 10.4 Å². The zero-order valence-corrected chi connectivity index (χ0v) is 12.7. The molecule has 0 amide bonds. The fraction of sp³-hybridized carbons (Fsp3) is 0.125. The topological polar surface area (TPSA) is 75.2 Å². The first kappa shape index (κ1) is 14.5. The lowest BCUT2D eigenvalue weighted by Crippen LogP contribution is -2.03. The van der Waals surface area contributed by atoms with Crippen LogP contribution >= 0.6 is 11.8 Å². The van der Waals surface area contributed by atoms with Crippen LogP contribution in [0.5, 0.6) is 11.5 Å². The Kier molecular flexibility index (Phi) is 4.02. The molecular formula is C16H14N2O3S. The number of phenols is 1. The molecule has 5 nitrogen and oxygen atoms in total. The first-order chi connectivity index (χ1) is 10.7. The summed E-state index contributed by atoms with van der Waals surface area (Å²) in [4.78, 5) is 19.8. The Morgan fingerprint density at radius 2 is 2.14 bits per heavy atom. The first-order valence-corrected chi connectivity index (χ1v) is 7.63. The average molecular weight is 314 g/mol. The fourth-order valence-electron chi connectivity index (χ4n) is 2.07. The van der Waals surface area contributed by atoms with E-state index < -0.39 is 0 Å². The number of rotatable bonds is 5. The number of Topliss-reactive ketones (excluding diaryl/α,β-unsaturated/α-hetero) is 1. The second-order valence-corrected chi connectivity index (χ2v) is 5.62. The molecule has 1 aromatic heterocycles. The highest BCUT2D eigenvalue weighted by Crippen LogP contribution is 2.26. The number of H-pyrrole nitrogens is 1. The summed E-state index contributed by atoms with van der Waals surface area (Å²) in [5.41, 5.74) is 2.05. The normalized spacial score (nSPS) is 10.8. The molecule has 112 valence electrons. The molecule has 0 bridgehead atoms. The van der Waals surface area contributed by atoms with Crippen molar-refractivity contribution in [1.82, 2.24) is 9.97 Å². The van der Waals surface area contributed by atoms with Gasteiger partial charge in [-0.3, -0.25) is 4.79 Å². The standard InChI is InChI=1S/C16H14N2O3S/c1-21-10-6-7-14(19)11(8-10)15(20)9-22-16-17-12-4-2-3-5-13(12)18-16/h2-8,19H,9H2,1H3,(H,17,18). The molecule has 0 aliphatic carbocycles. The van der Waals surface area contributed by atoms with Gasteiger partial charge < -0.3 is 14.8 Å². The molecule has 0 unspecified atom stereocenters. The molecule has 0 spiro atoms. The number of methoxy groups -OCH3 is 1. The Bertz CT molecular complexity index is 796. The van der Waals surface area contributed by atoms with Crippen molar-refractivity contribution in [2.75, 3.05) is 12.9 Å². The van der Waals surface area contributed by atoms with Gasteiger partial charge in [-0.1, -0.05) is 23.9 Å². The van der Waals surface area contributed by atoms with E-state index in [2.05, 4.69) is 9.97 Å².